The lowest BCUT2D eigenvalue weighted by Gasteiger charge is -2.42. The van der Waals surface area contributed by atoms with Crippen LogP contribution < -0.4 is 20.1 Å². The fourth-order valence-electron chi connectivity index (χ4n) is 7.26. The molecule has 3 aliphatic rings. The summed E-state index contributed by atoms with van der Waals surface area (Å²) in [6.07, 6.45) is -0.831. The average molecular weight is 904 g/mol. The van der Waals surface area contributed by atoms with Gasteiger partial charge in [-0.05, 0) is 89.1 Å². The first-order chi connectivity index (χ1) is 29.2. The Balaban J connectivity index is 1.30. The molecule has 2 fully saturated rings. The quantitative estimate of drug-likeness (QED) is 0.0676. The maximum atomic E-state index is 14.2. The van der Waals surface area contributed by atoms with Gasteiger partial charge in [-0.2, -0.15) is 0 Å². The van der Waals surface area contributed by atoms with Gasteiger partial charge in [0.15, 0.2) is 14.5 Å². The van der Waals surface area contributed by atoms with Crippen molar-refractivity contribution in [3.8, 4) is 11.5 Å². The van der Waals surface area contributed by atoms with E-state index in [-0.39, 0.29) is 17.6 Å². The lowest BCUT2D eigenvalue weighted by molar-refractivity contribution is -0.0980. The summed E-state index contributed by atoms with van der Waals surface area (Å²) in [7, 11) is 0.678. The van der Waals surface area contributed by atoms with Crippen molar-refractivity contribution in [2.24, 2.45) is 0 Å². The second-order valence-electron chi connectivity index (χ2n) is 16.4. The van der Waals surface area contributed by atoms with Crippen LogP contribution in [0.5, 0.6) is 11.5 Å². The number of rotatable bonds is 15. The van der Waals surface area contributed by atoms with E-state index in [1.54, 1.807) is 50.8 Å². The van der Waals surface area contributed by atoms with Gasteiger partial charge in [-0.15, -0.1) is 0 Å². The number of benzene rings is 4. The van der Waals surface area contributed by atoms with Gasteiger partial charge in [0.25, 0.3) is 5.91 Å². The Kier molecular flexibility index (Phi) is 13.8. The van der Waals surface area contributed by atoms with Crippen molar-refractivity contribution in [2.75, 3.05) is 33.2 Å². The number of hydrogen-bond donors (Lipinski definition) is 2. The second kappa shape index (κ2) is 18.8. The molecule has 6 atom stereocenters. The van der Waals surface area contributed by atoms with E-state index in [1.165, 1.54) is 16.3 Å². The molecule has 0 aliphatic carbocycles. The molecule has 4 aromatic rings. The van der Waals surface area contributed by atoms with Crippen LogP contribution in [0.1, 0.15) is 47.8 Å². The van der Waals surface area contributed by atoms with Crippen molar-refractivity contribution in [1.82, 2.24) is 15.5 Å². The van der Waals surface area contributed by atoms with Gasteiger partial charge in [-0.25, -0.2) is 4.79 Å². The second-order valence-corrected chi connectivity index (χ2v) is 27.6. The highest BCUT2D eigenvalue weighted by Gasteiger charge is 2.56. The number of hydrogen-bond acceptors (Lipinski definition) is 11. The topological polar surface area (TPSA) is 126 Å². The highest BCUT2D eigenvalue weighted by Crippen LogP contribution is 2.66. The molecular formula is C45H54N3O9PS2Si. The number of methoxy groups -OCH3 is 2. The van der Waals surface area contributed by atoms with Gasteiger partial charge in [-0.1, -0.05) is 105 Å². The summed E-state index contributed by atoms with van der Waals surface area (Å²) < 4.78 is 45.8. The van der Waals surface area contributed by atoms with Crippen molar-refractivity contribution >= 4 is 49.1 Å². The summed E-state index contributed by atoms with van der Waals surface area (Å²) in [4.78, 5) is 28.7. The Morgan fingerprint density at radius 1 is 0.885 bits per heavy atom. The van der Waals surface area contributed by atoms with E-state index in [2.05, 4.69) is 44.5 Å². The maximum Gasteiger partial charge on any atom is 0.325 e. The summed E-state index contributed by atoms with van der Waals surface area (Å²) in [6, 6.07) is 34.0. The fourth-order valence-corrected chi connectivity index (χ4v) is 13.1. The first-order valence-corrected chi connectivity index (χ1v) is 27.3. The SMILES string of the molecule is COc1ccc(C(OC[C@H]2O[C@@H](N3C=CC(NC(=O)c4ccccc4)NC3=O)[C@H](O[Si](C)(C)C(C)(C)C)[C@@H]2O[P@@]2(=S)OCCS2)(c2ccccc2)c2ccc(OC)cc2)cc1. The first kappa shape index (κ1) is 45.0. The van der Waals surface area contributed by atoms with Crippen molar-refractivity contribution in [3.63, 3.8) is 0 Å². The third-order valence-electron chi connectivity index (χ3n) is 11.5. The molecular weight excluding hydrogens is 850 g/mol. The summed E-state index contributed by atoms with van der Waals surface area (Å²) in [5.41, 5.74) is -1.00. The smallest absolute Gasteiger partial charge is 0.325 e. The van der Waals surface area contributed by atoms with Crippen LogP contribution in [0.4, 0.5) is 4.79 Å². The van der Waals surface area contributed by atoms with Crippen LogP contribution in [0.3, 0.4) is 0 Å². The molecule has 1 unspecified atom stereocenters. The van der Waals surface area contributed by atoms with Gasteiger partial charge in [0, 0.05) is 17.5 Å². The van der Waals surface area contributed by atoms with Crippen molar-refractivity contribution in [3.05, 3.63) is 144 Å². The van der Waals surface area contributed by atoms with Crippen LogP contribution in [0, 0.1) is 0 Å². The molecule has 0 saturated carbocycles. The highest BCUT2D eigenvalue weighted by atomic mass is 32.9. The minimum atomic E-state index is -2.86. The lowest BCUT2D eigenvalue weighted by Crippen LogP contribution is -2.59. The van der Waals surface area contributed by atoms with E-state index in [4.69, 9.17) is 44.2 Å². The third kappa shape index (κ3) is 9.80. The Morgan fingerprint density at radius 3 is 1.98 bits per heavy atom. The molecule has 7 rings (SSSR count). The number of nitrogens with zero attached hydrogens (tertiary/aromatic N) is 1. The van der Waals surface area contributed by atoms with Crippen LogP contribution in [0.2, 0.25) is 18.1 Å². The maximum absolute atomic E-state index is 14.2. The molecule has 324 valence electrons. The van der Waals surface area contributed by atoms with Crippen molar-refractivity contribution in [1.29, 1.82) is 0 Å². The van der Waals surface area contributed by atoms with E-state index in [9.17, 15) is 9.59 Å². The molecule has 4 aromatic carbocycles. The van der Waals surface area contributed by atoms with E-state index < -0.39 is 56.3 Å². The summed E-state index contributed by atoms with van der Waals surface area (Å²) in [5.74, 6) is 1.77. The predicted octanol–water partition coefficient (Wildman–Crippen LogP) is 8.80. The molecule has 0 bridgehead atoms. The number of nitrogens with one attached hydrogen (secondary N) is 2. The van der Waals surface area contributed by atoms with E-state index >= 15 is 0 Å². The molecule has 0 radical (unpaired) electrons. The van der Waals surface area contributed by atoms with Crippen LogP contribution in [-0.4, -0.2) is 89.0 Å². The van der Waals surface area contributed by atoms with Gasteiger partial charge >= 0.3 is 6.03 Å². The van der Waals surface area contributed by atoms with Crippen LogP contribution in [0.25, 0.3) is 0 Å². The third-order valence-corrected chi connectivity index (χ3v) is 21.3. The van der Waals surface area contributed by atoms with Crippen molar-refractivity contribution < 1.29 is 42.0 Å². The Bertz CT molecular complexity index is 2150. The zero-order valence-corrected chi connectivity index (χ0v) is 39.0. The fraction of sp³-hybridized carbons (Fsp3) is 0.378. The molecule has 16 heteroatoms. The minimum Gasteiger partial charge on any atom is -0.497 e. The van der Waals surface area contributed by atoms with Gasteiger partial charge in [0.2, 0.25) is 5.69 Å². The normalized spacial score (nSPS) is 24.3. The van der Waals surface area contributed by atoms with Gasteiger partial charge < -0.3 is 43.1 Å². The zero-order chi connectivity index (χ0) is 43.4. The Hall–Kier alpha value is -4.02. The predicted molar refractivity (Wildman–Crippen MR) is 244 cm³/mol. The van der Waals surface area contributed by atoms with E-state index in [0.717, 1.165) is 16.7 Å². The number of carbonyl (C=O) groups excluding carboxylic acids is 2. The van der Waals surface area contributed by atoms with Gasteiger partial charge in [0.1, 0.15) is 41.6 Å². The molecule has 3 aliphatic heterocycles. The number of carbonyl (C=O) groups is 2. The average Bonchev–Trinajstić information content (AvgIpc) is 3.83. The molecule has 3 heterocycles. The van der Waals surface area contributed by atoms with Crippen LogP contribution in [-0.2, 0) is 40.4 Å². The molecule has 3 amide bonds. The number of ether oxygens (including phenoxy) is 4. The van der Waals surface area contributed by atoms with Crippen molar-refractivity contribution in [2.45, 2.75) is 75.2 Å². The largest absolute Gasteiger partial charge is 0.497 e. The van der Waals surface area contributed by atoms with Gasteiger partial charge in [-0.3, -0.25) is 9.69 Å². The monoisotopic (exact) mass is 903 g/mol. The van der Waals surface area contributed by atoms with Gasteiger partial charge in [0.05, 0.1) is 27.4 Å². The number of urea groups is 1. The Morgan fingerprint density at radius 2 is 1.46 bits per heavy atom. The molecule has 0 aromatic heterocycles. The lowest BCUT2D eigenvalue weighted by atomic mass is 9.80. The Labute approximate surface area is 368 Å². The molecule has 2 saturated heterocycles. The summed E-state index contributed by atoms with van der Waals surface area (Å²) >= 11 is 7.58. The molecule has 61 heavy (non-hydrogen) atoms. The van der Waals surface area contributed by atoms with E-state index in [1.807, 2.05) is 84.9 Å². The van der Waals surface area contributed by atoms with Crippen LogP contribution in [0.15, 0.2) is 121 Å². The van der Waals surface area contributed by atoms with E-state index in [0.29, 0.717) is 29.4 Å². The number of amides is 3. The standard InChI is InChI=1S/C45H54N3O9PS2Si/c1-44(2,3)61(6,7)57-40-39(56-58(59)54-28-29-60-58)37(55-42(40)48-27-26-38(47-43(48)50)46-41(49)31-14-10-8-11-15-31)30-53-45(32-16-12-9-13-17-32,33-18-22-35(51-4)23-19-33)34-20-24-36(52-5)25-21-34/h8-27,37-40,42H,28-30H2,1-7H3,(H,46,49)(H,47,50)/t37-,38?,39-,40-,42-,58-/m1/s1. The van der Waals surface area contributed by atoms with Crippen LogP contribution >= 0.6 is 17.1 Å². The molecule has 12 nitrogen and oxygen atoms in total. The summed E-state index contributed by atoms with van der Waals surface area (Å²) in [5, 5.41) is 5.58. The highest BCUT2D eigenvalue weighted by molar-refractivity contribution is 8.68. The zero-order valence-electron chi connectivity index (χ0n) is 35.4. The summed E-state index contributed by atoms with van der Waals surface area (Å²) in [6.45, 7) is 11.2. The molecule has 0 spiro atoms. The first-order valence-electron chi connectivity index (χ1n) is 20.2. The molecule has 2 N–H and O–H groups in total. The minimum absolute atomic E-state index is 0.0135.